The Balaban J connectivity index is 2.52. The molecule has 0 aliphatic carbocycles. The standard InChI is InChI=1S/C12H19NO2/c1-10(13)11-6-2-3-7-12(11)15-9-5-4-8-14/h2-3,6-7,10,14H,4-5,8-9,13H2,1H3/t10-/m1/s1. The van der Waals surface area contributed by atoms with Crippen LogP contribution in [0.5, 0.6) is 5.75 Å². The Bertz CT molecular complexity index is 287. The summed E-state index contributed by atoms with van der Waals surface area (Å²) in [6.07, 6.45) is 1.64. The molecule has 0 radical (unpaired) electrons. The van der Waals surface area contributed by atoms with Crippen molar-refractivity contribution in [2.45, 2.75) is 25.8 Å². The third-order valence-corrected chi connectivity index (χ3v) is 2.22. The van der Waals surface area contributed by atoms with Gasteiger partial charge in [0.15, 0.2) is 0 Å². The van der Waals surface area contributed by atoms with Gasteiger partial charge in [0.05, 0.1) is 6.61 Å². The lowest BCUT2D eigenvalue weighted by atomic mass is 10.1. The van der Waals surface area contributed by atoms with Crippen LogP contribution in [0.3, 0.4) is 0 Å². The number of aliphatic hydroxyl groups excluding tert-OH is 1. The molecule has 3 heteroatoms. The van der Waals surface area contributed by atoms with Crippen molar-refractivity contribution in [1.82, 2.24) is 0 Å². The number of rotatable bonds is 6. The molecule has 1 rings (SSSR count). The van der Waals surface area contributed by atoms with Gasteiger partial charge < -0.3 is 15.6 Å². The fourth-order valence-corrected chi connectivity index (χ4v) is 1.38. The summed E-state index contributed by atoms with van der Waals surface area (Å²) >= 11 is 0. The summed E-state index contributed by atoms with van der Waals surface area (Å²) in [5.41, 5.74) is 6.85. The highest BCUT2D eigenvalue weighted by Gasteiger charge is 2.06. The molecule has 0 amide bonds. The molecule has 1 aromatic carbocycles. The van der Waals surface area contributed by atoms with E-state index in [9.17, 15) is 0 Å². The molecular formula is C12H19NO2. The van der Waals surface area contributed by atoms with Crippen LogP contribution in [0, 0.1) is 0 Å². The molecule has 0 aromatic heterocycles. The second-order valence-corrected chi connectivity index (χ2v) is 3.61. The Kier molecular flexibility index (Phi) is 5.15. The van der Waals surface area contributed by atoms with Crippen molar-refractivity contribution in [2.75, 3.05) is 13.2 Å². The molecule has 3 N–H and O–H groups in total. The van der Waals surface area contributed by atoms with E-state index in [0.29, 0.717) is 6.61 Å². The number of benzene rings is 1. The Morgan fingerprint density at radius 2 is 2.07 bits per heavy atom. The van der Waals surface area contributed by atoms with Crippen molar-refractivity contribution < 1.29 is 9.84 Å². The molecule has 0 heterocycles. The zero-order chi connectivity index (χ0) is 11.1. The Morgan fingerprint density at radius 3 is 2.73 bits per heavy atom. The first-order valence-electron chi connectivity index (χ1n) is 5.34. The molecule has 0 aliphatic heterocycles. The molecular weight excluding hydrogens is 190 g/mol. The van der Waals surface area contributed by atoms with Gasteiger partial charge in [-0.2, -0.15) is 0 Å². The molecule has 0 bridgehead atoms. The van der Waals surface area contributed by atoms with Crippen molar-refractivity contribution in [1.29, 1.82) is 0 Å². The van der Waals surface area contributed by atoms with E-state index >= 15 is 0 Å². The molecule has 0 aliphatic rings. The predicted octanol–water partition coefficient (Wildman–Crippen LogP) is 1.86. The van der Waals surface area contributed by atoms with Crippen LogP contribution in [-0.2, 0) is 0 Å². The van der Waals surface area contributed by atoms with Gasteiger partial charge in [-0.3, -0.25) is 0 Å². The molecule has 0 spiro atoms. The lowest BCUT2D eigenvalue weighted by Gasteiger charge is -2.13. The van der Waals surface area contributed by atoms with Gasteiger partial charge in [0.25, 0.3) is 0 Å². The lowest BCUT2D eigenvalue weighted by molar-refractivity contribution is 0.252. The average Bonchev–Trinajstić information content (AvgIpc) is 2.25. The van der Waals surface area contributed by atoms with Gasteiger partial charge in [0.1, 0.15) is 5.75 Å². The van der Waals surface area contributed by atoms with Crippen molar-refractivity contribution >= 4 is 0 Å². The van der Waals surface area contributed by atoms with Crippen LogP contribution < -0.4 is 10.5 Å². The molecule has 84 valence electrons. The van der Waals surface area contributed by atoms with Gasteiger partial charge in [-0.25, -0.2) is 0 Å². The van der Waals surface area contributed by atoms with Gasteiger partial charge in [-0.1, -0.05) is 18.2 Å². The number of aliphatic hydroxyl groups is 1. The summed E-state index contributed by atoms with van der Waals surface area (Å²) in [5.74, 6) is 0.852. The molecule has 0 saturated carbocycles. The number of hydrogen-bond donors (Lipinski definition) is 2. The molecule has 3 nitrogen and oxygen atoms in total. The summed E-state index contributed by atoms with van der Waals surface area (Å²) in [6, 6.07) is 7.79. The molecule has 0 unspecified atom stereocenters. The highest BCUT2D eigenvalue weighted by atomic mass is 16.5. The molecule has 0 fully saturated rings. The van der Waals surface area contributed by atoms with E-state index in [2.05, 4.69) is 0 Å². The first-order valence-corrected chi connectivity index (χ1v) is 5.34. The van der Waals surface area contributed by atoms with E-state index in [-0.39, 0.29) is 12.6 Å². The summed E-state index contributed by atoms with van der Waals surface area (Å²) in [6.45, 7) is 2.79. The quantitative estimate of drug-likeness (QED) is 0.703. The van der Waals surface area contributed by atoms with Crippen LogP contribution in [0.4, 0.5) is 0 Å². The third kappa shape index (κ3) is 3.90. The van der Waals surface area contributed by atoms with Crippen LogP contribution >= 0.6 is 0 Å². The van der Waals surface area contributed by atoms with Crippen LogP contribution in [0.2, 0.25) is 0 Å². The van der Waals surface area contributed by atoms with Gasteiger partial charge >= 0.3 is 0 Å². The maximum absolute atomic E-state index is 8.63. The summed E-state index contributed by atoms with van der Waals surface area (Å²) in [4.78, 5) is 0. The Hall–Kier alpha value is -1.06. The molecule has 0 saturated heterocycles. The van der Waals surface area contributed by atoms with Crippen LogP contribution in [-0.4, -0.2) is 18.3 Å². The van der Waals surface area contributed by atoms with E-state index in [1.807, 2.05) is 31.2 Å². The highest BCUT2D eigenvalue weighted by molar-refractivity contribution is 5.35. The Labute approximate surface area is 90.9 Å². The molecule has 1 atom stereocenters. The first-order chi connectivity index (χ1) is 7.25. The van der Waals surface area contributed by atoms with E-state index < -0.39 is 0 Å². The van der Waals surface area contributed by atoms with E-state index in [0.717, 1.165) is 24.2 Å². The first kappa shape index (κ1) is 12.0. The van der Waals surface area contributed by atoms with Gasteiger partial charge in [-0.15, -0.1) is 0 Å². The number of hydrogen-bond acceptors (Lipinski definition) is 3. The number of ether oxygens (including phenoxy) is 1. The van der Waals surface area contributed by atoms with Crippen molar-refractivity contribution in [3.63, 3.8) is 0 Å². The maximum Gasteiger partial charge on any atom is 0.124 e. The number of unbranched alkanes of at least 4 members (excludes halogenated alkanes) is 1. The highest BCUT2D eigenvalue weighted by Crippen LogP contribution is 2.23. The normalized spacial score (nSPS) is 12.5. The van der Waals surface area contributed by atoms with Gasteiger partial charge in [-0.05, 0) is 25.8 Å². The molecule has 15 heavy (non-hydrogen) atoms. The smallest absolute Gasteiger partial charge is 0.124 e. The monoisotopic (exact) mass is 209 g/mol. The minimum atomic E-state index is -0.0148. The summed E-state index contributed by atoms with van der Waals surface area (Å²) in [5, 5.41) is 8.63. The van der Waals surface area contributed by atoms with Crippen LogP contribution in [0.25, 0.3) is 0 Å². The second kappa shape index (κ2) is 6.43. The minimum Gasteiger partial charge on any atom is -0.493 e. The summed E-state index contributed by atoms with van der Waals surface area (Å²) < 4.78 is 5.61. The maximum atomic E-state index is 8.63. The Morgan fingerprint density at radius 1 is 1.33 bits per heavy atom. The third-order valence-electron chi connectivity index (χ3n) is 2.22. The van der Waals surface area contributed by atoms with Crippen LogP contribution in [0.1, 0.15) is 31.4 Å². The summed E-state index contributed by atoms with van der Waals surface area (Å²) in [7, 11) is 0. The predicted molar refractivity (Wildman–Crippen MR) is 60.9 cm³/mol. The largest absolute Gasteiger partial charge is 0.493 e. The molecule has 1 aromatic rings. The van der Waals surface area contributed by atoms with E-state index in [1.165, 1.54) is 0 Å². The number of nitrogens with two attached hydrogens (primary N) is 1. The van der Waals surface area contributed by atoms with Gasteiger partial charge in [0, 0.05) is 18.2 Å². The van der Waals surface area contributed by atoms with Crippen molar-refractivity contribution in [2.24, 2.45) is 5.73 Å². The van der Waals surface area contributed by atoms with E-state index in [4.69, 9.17) is 15.6 Å². The minimum absolute atomic E-state index is 0.0148. The van der Waals surface area contributed by atoms with Crippen molar-refractivity contribution in [3.8, 4) is 5.75 Å². The fraction of sp³-hybridized carbons (Fsp3) is 0.500. The lowest BCUT2D eigenvalue weighted by Crippen LogP contribution is -2.08. The zero-order valence-corrected chi connectivity index (χ0v) is 9.15. The topological polar surface area (TPSA) is 55.5 Å². The zero-order valence-electron chi connectivity index (χ0n) is 9.15. The number of para-hydroxylation sites is 1. The van der Waals surface area contributed by atoms with Gasteiger partial charge in [0.2, 0.25) is 0 Å². The fourth-order valence-electron chi connectivity index (χ4n) is 1.38. The average molecular weight is 209 g/mol. The van der Waals surface area contributed by atoms with Crippen LogP contribution in [0.15, 0.2) is 24.3 Å². The SMILES string of the molecule is C[C@@H](N)c1ccccc1OCCCCO. The van der Waals surface area contributed by atoms with Crippen molar-refractivity contribution in [3.05, 3.63) is 29.8 Å². The van der Waals surface area contributed by atoms with E-state index in [1.54, 1.807) is 0 Å². The second-order valence-electron chi connectivity index (χ2n) is 3.61.